The van der Waals surface area contributed by atoms with Crippen LogP contribution in [-0.4, -0.2) is 34.8 Å². The summed E-state index contributed by atoms with van der Waals surface area (Å²) < 4.78 is 52.7. The maximum absolute atomic E-state index is 14.0. The van der Waals surface area contributed by atoms with E-state index in [1.807, 2.05) is 0 Å². The van der Waals surface area contributed by atoms with E-state index in [9.17, 15) is 22.7 Å². The Hall–Kier alpha value is -2.22. The van der Waals surface area contributed by atoms with Crippen molar-refractivity contribution in [3.63, 3.8) is 0 Å². The number of hydrogen-bond acceptors (Lipinski definition) is 4. The molecule has 0 spiro atoms. The number of aromatic nitrogens is 2. The topological polar surface area (TPSA) is 49.2 Å². The minimum Gasteiger partial charge on any atom is -0.396 e. The number of anilines is 1. The maximum atomic E-state index is 14.0. The van der Waals surface area contributed by atoms with Crippen molar-refractivity contribution in [3.8, 4) is 0 Å². The molecule has 2 heterocycles. The molecule has 1 fully saturated rings. The summed E-state index contributed by atoms with van der Waals surface area (Å²) in [5.41, 5.74) is -1.18. The lowest BCUT2D eigenvalue weighted by Gasteiger charge is -2.42. The molecule has 0 radical (unpaired) electrons. The second kappa shape index (κ2) is 7.19. The van der Waals surface area contributed by atoms with Gasteiger partial charge in [0.15, 0.2) is 0 Å². The lowest BCUT2D eigenvalue weighted by molar-refractivity contribution is -0.141. The Bertz CT molecular complexity index is 768. The molecule has 4 nitrogen and oxygen atoms in total. The third kappa shape index (κ3) is 3.95. The summed E-state index contributed by atoms with van der Waals surface area (Å²) in [5.74, 6) is -0.376. The fraction of sp³-hybridized carbons (Fsp3) is 0.444. The zero-order valence-corrected chi connectivity index (χ0v) is 14.0. The Morgan fingerprint density at radius 1 is 1.19 bits per heavy atom. The van der Waals surface area contributed by atoms with Crippen molar-refractivity contribution in [1.29, 1.82) is 0 Å². The molecule has 140 valence electrons. The van der Waals surface area contributed by atoms with Crippen molar-refractivity contribution >= 4 is 5.95 Å². The Morgan fingerprint density at radius 2 is 1.96 bits per heavy atom. The van der Waals surface area contributed by atoms with Crippen LogP contribution in [0.4, 0.5) is 23.5 Å². The van der Waals surface area contributed by atoms with Crippen LogP contribution >= 0.6 is 0 Å². The summed E-state index contributed by atoms with van der Waals surface area (Å²) in [4.78, 5) is 9.22. The van der Waals surface area contributed by atoms with Gasteiger partial charge in [0.25, 0.3) is 0 Å². The number of halogens is 4. The number of aliphatic hydroxyl groups is 1. The molecule has 0 aliphatic carbocycles. The highest BCUT2D eigenvalue weighted by Gasteiger charge is 2.38. The van der Waals surface area contributed by atoms with Gasteiger partial charge in [-0.2, -0.15) is 13.2 Å². The average Bonchev–Trinajstić information content (AvgIpc) is 2.63. The molecule has 0 amide bonds. The molecule has 0 bridgehead atoms. The van der Waals surface area contributed by atoms with Crippen molar-refractivity contribution in [2.24, 2.45) is 5.41 Å². The van der Waals surface area contributed by atoms with Crippen LogP contribution in [0.3, 0.4) is 0 Å². The molecule has 3 rings (SSSR count). The van der Waals surface area contributed by atoms with Gasteiger partial charge in [0.05, 0.1) is 6.61 Å². The Labute approximate surface area is 148 Å². The minimum atomic E-state index is -4.55. The molecule has 0 unspecified atom stereocenters. The van der Waals surface area contributed by atoms with E-state index in [-0.39, 0.29) is 24.9 Å². The van der Waals surface area contributed by atoms with E-state index in [1.54, 1.807) is 23.1 Å². The van der Waals surface area contributed by atoms with Gasteiger partial charge in [-0.1, -0.05) is 18.2 Å². The zero-order chi connectivity index (χ0) is 18.8. The third-order valence-electron chi connectivity index (χ3n) is 4.74. The molecule has 8 heteroatoms. The van der Waals surface area contributed by atoms with Gasteiger partial charge >= 0.3 is 6.18 Å². The smallest absolute Gasteiger partial charge is 0.396 e. The lowest BCUT2D eigenvalue weighted by Crippen LogP contribution is -2.47. The van der Waals surface area contributed by atoms with Crippen molar-refractivity contribution in [3.05, 3.63) is 53.6 Å². The van der Waals surface area contributed by atoms with Crippen LogP contribution in [-0.2, 0) is 12.6 Å². The lowest BCUT2D eigenvalue weighted by atomic mass is 9.75. The Kier molecular flexibility index (Phi) is 5.13. The van der Waals surface area contributed by atoms with Gasteiger partial charge in [-0.25, -0.2) is 14.4 Å². The Balaban J connectivity index is 1.84. The quantitative estimate of drug-likeness (QED) is 0.839. The first-order valence-corrected chi connectivity index (χ1v) is 8.32. The zero-order valence-electron chi connectivity index (χ0n) is 14.0. The van der Waals surface area contributed by atoms with Crippen LogP contribution in [0.25, 0.3) is 0 Å². The van der Waals surface area contributed by atoms with Crippen molar-refractivity contribution in [1.82, 2.24) is 9.97 Å². The van der Waals surface area contributed by atoms with Gasteiger partial charge in [-0.05, 0) is 37.0 Å². The van der Waals surface area contributed by atoms with E-state index in [0.717, 1.165) is 12.3 Å². The fourth-order valence-corrected chi connectivity index (χ4v) is 3.41. The van der Waals surface area contributed by atoms with Crippen LogP contribution in [0.15, 0.2) is 36.5 Å². The van der Waals surface area contributed by atoms with Gasteiger partial charge in [0, 0.05) is 24.7 Å². The summed E-state index contributed by atoms with van der Waals surface area (Å²) in [5, 5.41) is 9.97. The summed E-state index contributed by atoms with van der Waals surface area (Å²) in [6.07, 6.45) is -1.88. The van der Waals surface area contributed by atoms with Crippen LogP contribution in [0.2, 0.25) is 0 Å². The van der Waals surface area contributed by atoms with Crippen molar-refractivity contribution in [2.45, 2.75) is 25.4 Å². The highest BCUT2D eigenvalue weighted by molar-refractivity contribution is 5.33. The molecular weight excluding hydrogens is 350 g/mol. The average molecular weight is 369 g/mol. The van der Waals surface area contributed by atoms with Gasteiger partial charge in [-0.15, -0.1) is 0 Å². The van der Waals surface area contributed by atoms with E-state index < -0.39 is 17.3 Å². The molecule has 0 saturated carbocycles. The summed E-state index contributed by atoms with van der Waals surface area (Å²) >= 11 is 0. The van der Waals surface area contributed by atoms with Gasteiger partial charge in [0.2, 0.25) is 5.95 Å². The molecule has 2 aromatic rings. The molecule has 1 saturated heterocycles. The maximum Gasteiger partial charge on any atom is 0.433 e. The SMILES string of the molecule is OC[C@]1(Cc2ccccc2F)CCCN(c2nccc(C(F)(F)F)n2)C1. The normalized spacial score (nSPS) is 21.0. The highest BCUT2D eigenvalue weighted by atomic mass is 19.4. The predicted molar refractivity (Wildman–Crippen MR) is 88.1 cm³/mol. The van der Waals surface area contributed by atoms with Crippen molar-refractivity contribution < 1.29 is 22.7 Å². The molecule has 1 aliphatic heterocycles. The molecular formula is C18H19F4N3O. The van der Waals surface area contributed by atoms with Gasteiger partial charge < -0.3 is 10.0 Å². The number of benzene rings is 1. The first kappa shape index (κ1) is 18.6. The van der Waals surface area contributed by atoms with E-state index in [0.29, 0.717) is 31.4 Å². The standard InChI is InChI=1S/C18H19F4N3O/c19-14-5-2-1-4-13(14)10-17(12-26)7-3-9-25(11-17)16-23-8-6-15(24-16)18(20,21)22/h1-2,4-6,8,26H,3,7,9-12H2/t17-/m0/s1. The van der Waals surface area contributed by atoms with Crippen LogP contribution in [0.5, 0.6) is 0 Å². The van der Waals surface area contributed by atoms with E-state index in [4.69, 9.17) is 0 Å². The number of rotatable bonds is 4. The van der Waals surface area contributed by atoms with E-state index >= 15 is 0 Å². The van der Waals surface area contributed by atoms with Gasteiger partial charge in [-0.3, -0.25) is 0 Å². The van der Waals surface area contributed by atoms with Crippen LogP contribution in [0, 0.1) is 11.2 Å². The number of aliphatic hydroxyl groups excluding tert-OH is 1. The number of piperidine rings is 1. The first-order chi connectivity index (χ1) is 12.3. The molecule has 26 heavy (non-hydrogen) atoms. The van der Waals surface area contributed by atoms with Crippen molar-refractivity contribution in [2.75, 3.05) is 24.6 Å². The molecule has 1 aliphatic rings. The molecule has 1 aromatic carbocycles. The summed E-state index contributed by atoms with van der Waals surface area (Å²) in [6.45, 7) is 0.552. The second-order valence-electron chi connectivity index (χ2n) is 6.69. The van der Waals surface area contributed by atoms with Gasteiger partial charge in [0.1, 0.15) is 11.5 Å². The van der Waals surface area contributed by atoms with Crippen LogP contribution in [0.1, 0.15) is 24.1 Å². The van der Waals surface area contributed by atoms with Crippen LogP contribution < -0.4 is 4.90 Å². The number of hydrogen-bond donors (Lipinski definition) is 1. The third-order valence-corrected chi connectivity index (χ3v) is 4.74. The van der Waals surface area contributed by atoms with E-state index in [2.05, 4.69) is 9.97 Å². The monoisotopic (exact) mass is 369 g/mol. The summed E-state index contributed by atoms with van der Waals surface area (Å²) in [7, 11) is 0. The second-order valence-corrected chi connectivity index (χ2v) is 6.69. The Morgan fingerprint density at radius 3 is 2.65 bits per heavy atom. The first-order valence-electron chi connectivity index (χ1n) is 8.32. The summed E-state index contributed by atoms with van der Waals surface area (Å²) in [6, 6.07) is 7.16. The number of alkyl halides is 3. The largest absolute Gasteiger partial charge is 0.433 e. The fourth-order valence-electron chi connectivity index (χ4n) is 3.41. The molecule has 1 atom stereocenters. The minimum absolute atomic E-state index is 0.0223. The number of nitrogens with zero attached hydrogens (tertiary/aromatic N) is 3. The predicted octanol–water partition coefficient (Wildman–Crippen LogP) is 3.46. The highest BCUT2D eigenvalue weighted by Crippen LogP contribution is 2.36. The molecule has 1 aromatic heterocycles. The molecule has 1 N–H and O–H groups in total. The van der Waals surface area contributed by atoms with E-state index in [1.165, 1.54) is 6.07 Å².